The van der Waals surface area contributed by atoms with Crippen LogP contribution in [0.5, 0.6) is 0 Å². The fraction of sp³-hybridized carbons (Fsp3) is 0.474. The Balaban J connectivity index is 0.000000186. The van der Waals surface area contributed by atoms with Crippen LogP contribution in [0.15, 0.2) is 48.8 Å². The predicted molar refractivity (Wildman–Crippen MR) is 91.7 cm³/mol. The summed E-state index contributed by atoms with van der Waals surface area (Å²) in [5.74, 6) is 0. The molecule has 0 unspecified atom stereocenters. The van der Waals surface area contributed by atoms with Crippen molar-refractivity contribution in [1.82, 2.24) is 0 Å². The zero-order valence-corrected chi connectivity index (χ0v) is 14.3. The molecular weight excluding hydrogens is 292 g/mol. The summed E-state index contributed by atoms with van der Waals surface area (Å²) in [5.41, 5.74) is 2.61. The number of alkyl halides is 1. The second-order valence-corrected chi connectivity index (χ2v) is 5.68. The van der Waals surface area contributed by atoms with E-state index in [-0.39, 0.29) is 0 Å². The van der Waals surface area contributed by atoms with E-state index in [0.717, 1.165) is 13.1 Å². The van der Waals surface area contributed by atoms with Crippen LogP contribution in [0.25, 0.3) is 11.4 Å². The maximum absolute atomic E-state index is 4.64. The van der Waals surface area contributed by atoms with Gasteiger partial charge in [-0.1, -0.05) is 38.5 Å². The molecule has 1 saturated carbocycles. The molecule has 0 radical (unpaired) electrons. The van der Waals surface area contributed by atoms with Gasteiger partial charge < -0.3 is 0 Å². The highest BCUT2D eigenvalue weighted by molar-refractivity contribution is 6.15. The zero-order chi connectivity index (χ0) is 15.6. The van der Waals surface area contributed by atoms with Crippen LogP contribution < -0.4 is 9.13 Å². The smallest absolute Gasteiger partial charge is 0.187 e. The van der Waals surface area contributed by atoms with Gasteiger partial charge in [0, 0.05) is 30.6 Å². The van der Waals surface area contributed by atoms with Crippen molar-refractivity contribution < 1.29 is 9.13 Å². The fourth-order valence-electron chi connectivity index (χ4n) is 3.08. The van der Waals surface area contributed by atoms with E-state index < -0.39 is 0 Å². The van der Waals surface area contributed by atoms with Gasteiger partial charge in [-0.05, 0) is 12.1 Å². The van der Waals surface area contributed by atoms with Crippen molar-refractivity contribution in [3.63, 3.8) is 0 Å². The first-order valence-corrected chi connectivity index (χ1v) is 9.06. The van der Waals surface area contributed by atoms with Gasteiger partial charge in [0.2, 0.25) is 13.1 Å². The third kappa shape index (κ3) is 4.54. The molecule has 118 valence electrons. The Labute approximate surface area is 139 Å². The Morgan fingerprint density at radius 2 is 1.00 bits per heavy atom. The summed E-state index contributed by atoms with van der Waals surface area (Å²) in [7, 11) is 0. The minimum Gasteiger partial charge on any atom is -0.187 e. The lowest BCUT2D eigenvalue weighted by atomic mass is 10.0. The lowest BCUT2D eigenvalue weighted by Crippen LogP contribution is -2.52. The average Bonchev–Trinajstić information content (AvgIpc) is 2.65. The highest BCUT2D eigenvalue weighted by Gasteiger charge is 2.27. The first-order valence-electron chi connectivity index (χ1n) is 8.30. The number of rotatable bonds is 0. The molecule has 4 rings (SSSR count). The molecule has 3 heteroatoms. The summed E-state index contributed by atoms with van der Waals surface area (Å²) in [6, 6.07) is 12.7. The van der Waals surface area contributed by atoms with E-state index in [1.54, 1.807) is 0 Å². The SMILES string of the molecule is C1CCCCC1.CCl.c1cc[n+]2c(c1)-c1cccc[n+]1CC2. The maximum atomic E-state index is 4.64. The summed E-state index contributed by atoms with van der Waals surface area (Å²) in [4.78, 5) is 0. The lowest BCUT2D eigenvalue weighted by molar-refractivity contribution is -0.794. The standard InChI is InChI=1S/C12H12N2.C6H12.CH3Cl/c1-3-7-13-9-10-14-8-4-2-6-12(14)11(13)5-1;1-2-4-6-5-3-1;1-2/h1-8H,9-10H2;1-6H2;1H3/q+2;;. The second-order valence-electron chi connectivity index (χ2n) is 5.68. The van der Waals surface area contributed by atoms with Crippen molar-refractivity contribution in [2.75, 3.05) is 6.38 Å². The minimum absolute atomic E-state index is 1.07. The van der Waals surface area contributed by atoms with E-state index in [1.165, 1.54) is 56.3 Å². The van der Waals surface area contributed by atoms with Crippen LogP contribution in [0.1, 0.15) is 38.5 Å². The largest absolute Gasteiger partial charge is 0.277 e. The number of aromatic nitrogens is 2. The van der Waals surface area contributed by atoms with Gasteiger partial charge in [-0.25, -0.2) is 0 Å². The Morgan fingerprint density at radius 3 is 1.36 bits per heavy atom. The Hall–Kier alpha value is -1.41. The molecule has 0 amide bonds. The third-order valence-corrected chi connectivity index (χ3v) is 4.23. The number of hydrogen-bond donors (Lipinski definition) is 0. The molecule has 1 aliphatic carbocycles. The Kier molecular flexibility index (Phi) is 7.38. The average molecular weight is 319 g/mol. The van der Waals surface area contributed by atoms with Crippen molar-refractivity contribution in [2.24, 2.45) is 0 Å². The number of pyridine rings is 2. The Bertz CT molecular complexity index is 508. The first-order chi connectivity index (χ1) is 10.9. The number of halogens is 1. The first kappa shape index (κ1) is 17.0. The van der Waals surface area contributed by atoms with E-state index in [2.05, 4.69) is 69.5 Å². The summed E-state index contributed by atoms with van der Waals surface area (Å²) in [6.45, 7) is 2.13. The van der Waals surface area contributed by atoms with Crippen molar-refractivity contribution in [3.05, 3.63) is 48.8 Å². The second kappa shape index (κ2) is 9.58. The number of fused-ring (bicyclic) bond motifs is 3. The lowest BCUT2D eigenvalue weighted by Gasteiger charge is -2.08. The van der Waals surface area contributed by atoms with Gasteiger partial charge in [0.15, 0.2) is 12.4 Å². The number of hydrogen-bond acceptors (Lipinski definition) is 0. The van der Waals surface area contributed by atoms with Crippen LogP contribution in [0.4, 0.5) is 0 Å². The summed E-state index contributed by atoms with van der Waals surface area (Å²) >= 11 is 4.64. The molecule has 22 heavy (non-hydrogen) atoms. The van der Waals surface area contributed by atoms with Crippen LogP contribution in [-0.2, 0) is 13.1 Å². The molecule has 3 heterocycles. The summed E-state index contributed by atoms with van der Waals surface area (Å²) < 4.78 is 4.60. The minimum atomic E-state index is 1.07. The normalized spacial score (nSPS) is 15.2. The Morgan fingerprint density at radius 1 is 0.636 bits per heavy atom. The highest BCUT2D eigenvalue weighted by atomic mass is 35.5. The van der Waals surface area contributed by atoms with Crippen molar-refractivity contribution >= 4 is 11.6 Å². The molecular formula is C19H27ClN2+2. The van der Waals surface area contributed by atoms with E-state index in [1.807, 2.05) is 0 Å². The van der Waals surface area contributed by atoms with Crippen LogP contribution in [0.2, 0.25) is 0 Å². The molecule has 1 aliphatic heterocycles. The van der Waals surface area contributed by atoms with Crippen LogP contribution in [-0.4, -0.2) is 6.38 Å². The molecule has 2 aromatic heterocycles. The molecule has 2 nitrogen and oxygen atoms in total. The maximum Gasteiger partial charge on any atom is 0.277 e. The van der Waals surface area contributed by atoms with Crippen molar-refractivity contribution in [1.29, 1.82) is 0 Å². The van der Waals surface area contributed by atoms with Gasteiger partial charge in [-0.3, -0.25) is 0 Å². The quantitative estimate of drug-likeness (QED) is 0.509. The topological polar surface area (TPSA) is 7.76 Å². The molecule has 0 saturated heterocycles. The number of aryl methyl sites for hydroxylation is 2. The van der Waals surface area contributed by atoms with Gasteiger partial charge in [0.05, 0.1) is 0 Å². The monoisotopic (exact) mass is 318 g/mol. The van der Waals surface area contributed by atoms with E-state index in [0.29, 0.717) is 0 Å². The molecule has 2 aromatic rings. The molecule has 1 fully saturated rings. The van der Waals surface area contributed by atoms with Gasteiger partial charge in [0.25, 0.3) is 11.4 Å². The van der Waals surface area contributed by atoms with Crippen molar-refractivity contribution in [3.8, 4) is 11.4 Å². The van der Waals surface area contributed by atoms with Crippen LogP contribution >= 0.6 is 11.6 Å². The van der Waals surface area contributed by atoms with Gasteiger partial charge >= 0.3 is 0 Å². The van der Waals surface area contributed by atoms with Gasteiger partial charge in [-0.15, -0.1) is 11.6 Å². The molecule has 0 N–H and O–H groups in total. The summed E-state index contributed by atoms with van der Waals surface area (Å²) in [6.07, 6.45) is 14.8. The summed E-state index contributed by atoms with van der Waals surface area (Å²) in [5, 5.41) is 0. The van der Waals surface area contributed by atoms with Crippen molar-refractivity contribution in [2.45, 2.75) is 51.6 Å². The highest BCUT2D eigenvalue weighted by Crippen LogP contribution is 2.15. The third-order valence-electron chi connectivity index (χ3n) is 4.23. The molecule has 0 spiro atoms. The zero-order valence-electron chi connectivity index (χ0n) is 13.5. The van der Waals surface area contributed by atoms with E-state index in [9.17, 15) is 0 Å². The van der Waals surface area contributed by atoms with Crippen LogP contribution in [0.3, 0.4) is 0 Å². The predicted octanol–water partition coefficient (Wildman–Crippen LogP) is 4.14. The van der Waals surface area contributed by atoms with E-state index >= 15 is 0 Å². The van der Waals surface area contributed by atoms with Gasteiger partial charge in [-0.2, -0.15) is 9.13 Å². The fourth-order valence-corrected chi connectivity index (χ4v) is 3.08. The van der Waals surface area contributed by atoms with Gasteiger partial charge in [0.1, 0.15) is 0 Å². The van der Waals surface area contributed by atoms with E-state index in [4.69, 9.17) is 0 Å². The molecule has 0 aromatic carbocycles. The van der Waals surface area contributed by atoms with Crippen LogP contribution in [0, 0.1) is 0 Å². The molecule has 0 bridgehead atoms. The molecule has 0 atom stereocenters. The molecule has 2 aliphatic rings. The number of nitrogens with zero attached hydrogens (tertiary/aromatic N) is 2.